The fourth-order valence-corrected chi connectivity index (χ4v) is 3.53. The monoisotopic (exact) mass is 361 g/mol. The average Bonchev–Trinajstić information content (AvgIpc) is 2.81. The summed E-state index contributed by atoms with van der Waals surface area (Å²) < 4.78 is 13.6. The van der Waals surface area contributed by atoms with Crippen LogP contribution in [0.25, 0.3) is 0 Å². The lowest BCUT2D eigenvalue weighted by Crippen LogP contribution is -2.46. The van der Waals surface area contributed by atoms with Gasteiger partial charge in [-0.1, -0.05) is 31.9 Å². The molecule has 1 saturated carbocycles. The zero-order chi connectivity index (χ0) is 18.8. The lowest BCUT2D eigenvalue weighted by atomic mass is 9.85. The van der Waals surface area contributed by atoms with Crippen LogP contribution < -0.4 is 5.32 Å². The Balaban J connectivity index is 1.71. The number of hydrogen-bond acceptors (Lipinski definition) is 4. The lowest BCUT2D eigenvalue weighted by Gasteiger charge is -2.34. The number of nitrogens with one attached hydrogen (secondary N) is 1. The van der Waals surface area contributed by atoms with Gasteiger partial charge >= 0.3 is 17.8 Å². The van der Waals surface area contributed by atoms with Crippen molar-refractivity contribution in [2.24, 2.45) is 5.92 Å². The van der Waals surface area contributed by atoms with E-state index in [4.69, 9.17) is 0 Å². The molecule has 1 N–H and O–H groups in total. The maximum atomic E-state index is 13.6. The fraction of sp³-hybridized carbons (Fsp3) is 0.444. The van der Waals surface area contributed by atoms with Crippen LogP contribution in [-0.4, -0.2) is 46.1 Å². The Morgan fingerprint density at radius 3 is 2.54 bits per heavy atom. The van der Waals surface area contributed by atoms with Crippen LogP contribution in [-0.2, 0) is 14.4 Å². The van der Waals surface area contributed by atoms with E-state index in [0.29, 0.717) is 11.3 Å². The molecular weight excluding hydrogens is 341 g/mol. The van der Waals surface area contributed by atoms with Crippen LogP contribution in [0.1, 0.15) is 32.6 Å². The summed E-state index contributed by atoms with van der Waals surface area (Å²) in [6.07, 6.45) is 3.44. The van der Waals surface area contributed by atoms with Gasteiger partial charge in [0.15, 0.2) is 0 Å². The number of hydrogen-bond donors (Lipinski definition) is 1. The molecule has 8 heteroatoms. The van der Waals surface area contributed by atoms with Crippen molar-refractivity contribution in [2.45, 2.75) is 38.6 Å². The summed E-state index contributed by atoms with van der Waals surface area (Å²) in [6, 6.07) is 4.45. The summed E-state index contributed by atoms with van der Waals surface area (Å²) >= 11 is 0. The summed E-state index contributed by atoms with van der Waals surface area (Å²) in [5.74, 6) is -3.18. The van der Waals surface area contributed by atoms with Crippen molar-refractivity contribution in [3.63, 3.8) is 0 Å². The second kappa shape index (κ2) is 7.23. The molecule has 3 rings (SSSR count). The van der Waals surface area contributed by atoms with Crippen LogP contribution in [0, 0.1) is 11.7 Å². The number of anilines is 1. The molecule has 0 aromatic heterocycles. The zero-order valence-electron chi connectivity index (χ0n) is 14.4. The molecular formula is C18H20FN3O4. The van der Waals surface area contributed by atoms with E-state index in [1.807, 2.05) is 6.92 Å². The number of urea groups is 1. The summed E-state index contributed by atoms with van der Waals surface area (Å²) in [7, 11) is 0. The van der Waals surface area contributed by atoms with Gasteiger partial charge in [-0.2, -0.15) is 0 Å². The zero-order valence-corrected chi connectivity index (χ0v) is 14.4. The lowest BCUT2D eigenvalue weighted by molar-refractivity contribution is -0.145. The van der Waals surface area contributed by atoms with Gasteiger partial charge in [-0.3, -0.25) is 19.3 Å². The van der Waals surface area contributed by atoms with E-state index in [1.165, 1.54) is 18.2 Å². The standard InChI is InChI=1S/C18H20FN3O4/c1-11-6-2-5-9-14(11)22-17(25)16(24)21(18(22)26)10-15(23)20-13-8-4-3-7-12(13)19/h3-4,7-8,11,14H,2,5-6,9-10H2,1H3,(H,20,23)/t11-,14-/m1/s1. The third kappa shape index (κ3) is 3.31. The van der Waals surface area contributed by atoms with Gasteiger partial charge < -0.3 is 5.32 Å². The van der Waals surface area contributed by atoms with Crippen LogP contribution in [0.15, 0.2) is 24.3 Å². The highest BCUT2D eigenvalue weighted by Gasteiger charge is 2.49. The first-order valence-corrected chi connectivity index (χ1v) is 8.63. The molecule has 1 aromatic carbocycles. The van der Waals surface area contributed by atoms with Crippen molar-refractivity contribution in [1.29, 1.82) is 0 Å². The van der Waals surface area contributed by atoms with Crippen LogP contribution in [0.3, 0.4) is 0 Å². The third-order valence-corrected chi connectivity index (χ3v) is 4.93. The van der Waals surface area contributed by atoms with E-state index in [0.717, 1.165) is 24.2 Å². The van der Waals surface area contributed by atoms with Gasteiger partial charge in [0.2, 0.25) is 5.91 Å². The smallest absolute Gasteiger partial charge is 0.322 e. The number of nitrogens with zero attached hydrogens (tertiary/aromatic N) is 2. The van der Waals surface area contributed by atoms with Gasteiger partial charge in [-0.05, 0) is 30.9 Å². The van der Waals surface area contributed by atoms with Gasteiger partial charge in [0.1, 0.15) is 12.4 Å². The third-order valence-electron chi connectivity index (χ3n) is 4.93. The number of carbonyl (C=O) groups is 4. The summed E-state index contributed by atoms with van der Waals surface area (Å²) in [5, 5.41) is 2.31. The van der Waals surface area contributed by atoms with Crippen molar-refractivity contribution < 1.29 is 23.6 Å². The molecule has 2 aliphatic rings. The topological polar surface area (TPSA) is 86.8 Å². The average molecular weight is 361 g/mol. The summed E-state index contributed by atoms with van der Waals surface area (Å²) in [6.45, 7) is 1.32. The van der Waals surface area contributed by atoms with E-state index < -0.39 is 36.1 Å². The number of benzene rings is 1. The largest absolute Gasteiger partial charge is 0.334 e. The van der Waals surface area contributed by atoms with Crippen molar-refractivity contribution in [3.05, 3.63) is 30.1 Å². The molecule has 1 aliphatic carbocycles. The second-order valence-corrected chi connectivity index (χ2v) is 6.71. The Morgan fingerprint density at radius 2 is 1.85 bits per heavy atom. The van der Waals surface area contributed by atoms with Crippen molar-refractivity contribution in [3.8, 4) is 0 Å². The number of imide groups is 2. The summed E-state index contributed by atoms with van der Waals surface area (Å²) in [5.41, 5.74) is -0.0549. The quantitative estimate of drug-likeness (QED) is 0.657. The number of halogens is 1. The highest BCUT2D eigenvalue weighted by atomic mass is 19.1. The van der Waals surface area contributed by atoms with Gasteiger partial charge in [-0.15, -0.1) is 0 Å². The Labute approximate surface area is 150 Å². The molecule has 138 valence electrons. The Kier molecular flexibility index (Phi) is 5.01. The van der Waals surface area contributed by atoms with Gasteiger partial charge in [0.25, 0.3) is 0 Å². The van der Waals surface area contributed by atoms with Crippen LogP contribution in [0.2, 0.25) is 0 Å². The number of amides is 5. The van der Waals surface area contributed by atoms with Gasteiger partial charge in [0.05, 0.1) is 5.69 Å². The molecule has 2 atom stereocenters. The molecule has 5 amide bonds. The second-order valence-electron chi connectivity index (χ2n) is 6.71. The van der Waals surface area contributed by atoms with Crippen molar-refractivity contribution in [1.82, 2.24) is 9.80 Å². The number of carbonyl (C=O) groups excluding carboxylic acids is 4. The Bertz CT molecular complexity index is 767. The molecule has 1 aromatic rings. The molecule has 1 heterocycles. The molecule has 0 spiro atoms. The minimum atomic E-state index is -1.02. The molecule has 0 unspecified atom stereocenters. The van der Waals surface area contributed by atoms with Crippen LogP contribution in [0.5, 0.6) is 0 Å². The first-order valence-electron chi connectivity index (χ1n) is 8.63. The van der Waals surface area contributed by atoms with Gasteiger partial charge in [0, 0.05) is 6.04 Å². The van der Waals surface area contributed by atoms with Gasteiger partial charge in [-0.25, -0.2) is 14.1 Å². The van der Waals surface area contributed by atoms with E-state index in [-0.39, 0.29) is 17.6 Å². The highest BCUT2D eigenvalue weighted by molar-refractivity contribution is 6.45. The maximum Gasteiger partial charge on any atom is 0.334 e. The van der Waals surface area contributed by atoms with Crippen LogP contribution >= 0.6 is 0 Å². The van der Waals surface area contributed by atoms with Crippen LogP contribution in [0.4, 0.5) is 14.9 Å². The predicted molar refractivity (Wildman–Crippen MR) is 90.4 cm³/mol. The first-order chi connectivity index (χ1) is 12.4. The molecule has 26 heavy (non-hydrogen) atoms. The summed E-state index contributed by atoms with van der Waals surface area (Å²) in [4.78, 5) is 50.8. The van der Waals surface area contributed by atoms with E-state index in [2.05, 4.69) is 5.32 Å². The molecule has 1 aliphatic heterocycles. The van der Waals surface area contributed by atoms with Crippen molar-refractivity contribution in [2.75, 3.05) is 11.9 Å². The highest BCUT2D eigenvalue weighted by Crippen LogP contribution is 2.31. The fourth-order valence-electron chi connectivity index (χ4n) is 3.53. The minimum absolute atomic E-state index is 0.0549. The predicted octanol–water partition coefficient (Wildman–Crippen LogP) is 2.13. The molecule has 7 nitrogen and oxygen atoms in total. The first kappa shape index (κ1) is 18.0. The van der Waals surface area contributed by atoms with E-state index >= 15 is 0 Å². The van der Waals surface area contributed by atoms with E-state index in [9.17, 15) is 23.6 Å². The minimum Gasteiger partial charge on any atom is -0.322 e. The molecule has 1 saturated heterocycles. The molecule has 0 bridgehead atoms. The molecule has 2 fully saturated rings. The Morgan fingerprint density at radius 1 is 1.15 bits per heavy atom. The Hall–Kier alpha value is -2.77. The number of rotatable bonds is 4. The normalized spacial score (nSPS) is 23.5. The van der Waals surface area contributed by atoms with Crippen molar-refractivity contribution >= 4 is 29.4 Å². The number of para-hydroxylation sites is 1. The molecule has 0 radical (unpaired) electrons. The van der Waals surface area contributed by atoms with E-state index in [1.54, 1.807) is 6.07 Å². The SMILES string of the molecule is C[C@@H]1CCCC[C@H]1N1C(=O)C(=O)N(CC(=O)Nc2ccccc2F)C1=O. The maximum absolute atomic E-state index is 13.6.